The lowest BCUT2D eigenvalue weighted by molar-refractivity contribution is 0.559. The van der Waals surface area contributed by atoms with Gasteiger partial charge in [0.15, 0.2) is 0 Å². The maximum Gasteiger partial charge on any atom is 0.0775 e. The molecule has 166 valence electrons. The first-order valence-corrected chi connectivity index (χ1v) is 12.4. The van der Waals surface area contributed by atoms with Crippen LogP contribution in [0.1, 0.15) is 36.3 Å². The highest BCUT2D eigenvalue weighted by molar-refractivity contribution is 5.88. The molecule has 0 aromatic heterocycles. The van der Waals surface area contributed by atoms with E-state index in [-0.39, 0.29) is 6.04 Å². The number of nitrogens with two attached hydrogens (primary N) is 1. The lowest BCUT2D eigenvalue weighted by Crippen LogP contribution is -2.40. The van der Waals surface area contributed by atoms with E-state index in [0.717, 1.165) is 18.5 Å². The first kappa shape index (κ1) is 19.7. The number of hydrogen-bond acceptors (Lipinski definition) is 2. The summed E-state index contributed by atoms with van der Waals surface area (Å²) in [5, 5.41) is 2.77. The highest BCUT2D eigenvalue weighted by atomic mass is 15.2. The molecule has 2 N–H and O–H groups in total. The van der Waals surface area contributed by atoms with Crippen molar-refractivity contribution in [1.82, 2.24) is 0 Å². The van der Waals surface area contributed by atoms with Gasteiger partial charge in [-0.3, -0.25) is 0 Å². The molecule has 0 amide bonds. The van der Waals surface area contributed by atoms with Gasteiger partial charge in [0.05, 0.1) is 6.04 Å². The molecule has 1 heterocycles. The van der Waals surface area contributed by atoms with Gasteiger partial charge in [-0.05, 0) is 82.7 Å². The van der Waals surface area contributed by atoms with Crippen LogP contribution in [0.3, 0.4) is 0 Å². The Bertz CT molecular complexity index is 1510. The Morgan fingerprint density at radius 2 is 1.74 bits per heavy atom. The van der Waals surface area contributed by atoms with Crippen LogP contribution in [0.2, 0.25) is 0 Å². The van der Waals surface area contributed by atoms with Gasteiger partial charge >= 0.3 is 0 Å². The largest absolute Gasteiger partial charge is 0.400 e. The summed E-state index contributed by atoms with van der Waals surface area (Å²) in [5.41, 5.74) is 15.6. The number of hydrogen-bond donors (Lipinski definition) is 1. The summed E-state index contributed by atoms with van der Waals surface area (Å²) < 4.78 is 0. The second-order valence-electron chi connectivity index (χ2n) is 9.88. The van der Waals surface area contributed by atoms with E-state index < -0.39 is 0 Å². The monoisotopic (exact) mass is 440 g/mol. The second-order valence-corrected chi connectivity index (χ2v) is 9.88. The highest BCUT2D eigenvalue weighted by Gasteiger charge is 2.35. The zero-order valence-electron chi connectivity index (χ0n) is 19.2. The quantitative estimate of drug-likeness (QED) is 0.568. The molecule has 0 radical (unpaired) electrons. The summed E-state index contributed by atoms with van der Waals surface area (Å²) in [5.74, 6) is 0.934. The van der Waals surface area contributed by atoms with Crippen LogP contribution < -0.4 is 21.1 Å². The van der Waals surface area contributed by atoms with Gasteiger partial charge in [0.1, 0.15) is 0 Å². The van der Waals surface area contributed by atoms with Crippen molar-refractivity contribution in [3.05, 3.63) is 124 Å². The SMILES string of the molecule is NC1=CC=C2CC1N(c1ccccc1)c1ccc(C3C=c4ccccc4=C4C=CCCC43)cc12. The number of nitrogens with zero attached hydrogens (tertiary/aromatic N) is 1. The molecule has 0 spiro atoms. The summed E-state index contributed by atoms with van der Waals surface area (Å²) in [6.45, 7) is 0. The van der Waals surface area contributed by atoms with Crippen molar-refractivity contribution in [3.63, 3.8) is 0 Å². The third kappa shape index (κ3) is 2.95. The molecular formula is C32H28N2. The van der Waals surface area contributed by atoms with E-state index in [2.05, 4.69) is 108 Å². The highest BCUT2D eigenvalue weighted by Crippen LogP contribution is 2.47. The molecule has 3 aromatic rings. The molecule has 2 heteroatoms. The first-order valence-electron chi connectivity index (χ1n) is 12.4. The Kier molecular flexibility index (Phi) is 4.41. The smallest absolute Gasteiger partial charge is 0.0775 e. The molecule has 0 saturated heterocycles. The van der Waals surface area contributed by atoms with Crippen LogP contribution in [0, 0.1) is 5.92 Å². The average Bonchev–Trinajstić information content (AvgIpc) is 2.90. The Morgan fingerprint density at radius 3 is 2.65 bits per heavy atom. The van der Waals surface area contributed by atoms with Crippen LogP contribution >= 0.6 is 0 Å². The van der Waals surface area contributed by atoms with Crippen molar-refractivity contribution in [2.75, 3.05) is 4.90 Å². The third-order valence-corrected chi connectivity index (χ3v) is 8.04. The van der Waals surface area contributed by atoms with Crippen LogP contribution in [0.4, 0.5) is 11.4 Å². The Labute approximate surface area is 200 Å². The zero-order valence-corrected chi connectivity index (χ0v) is 19.2. The molecule has 2 bridgehead atoms. The van der Waals surface area contributed by atoms with Crippen molar-refractivity contribution in [2.45, 2.75) is 31.2 Å². The molecule has 7 rings (SSSR count). The van der Waals surface area contributed by atoms with E-state index in [1.54, 1.807) is 0 Å². The fourth-order valence-corrected chi connectivity index (χ4v) is 6.42. The minimum Gasteiger partial charge on any atom is -0.400 e. The number of allylic oxidation sites excluding steroid dienone is 4. The van der Waals surface area contributed by atoms with Gasteiger partial charge in [0.25, 0.3) is 0 Å². The van der Waals surface area contributed by atoms with Crippen molar-refractivity contribution in [3.8, 4) is 0 Å². The van der Waals surface area contributed by atoms with Crippen molar-refractivity contribution in [1.29, 1.82) is 0 Å². The second kappa shape index (κ2) is 7.63. The first-order chi connectivity index (χ1) is 16.8. The zero-order chi connectivity index (χ0) is 22.6. The number of benzene rings is 3. The summed E-state index contributed by atoms with van der Waals surface area (Å²) in [4.78, 5) is 2.43. The molecule has 4 aliphatic rings. The number of rotatable bonds is 2. The fraction of sp³-hybridized carbons (Fsp3) is 0.188. The summed E-state index contributed by atoms with van der Waals surface area (Å²) in [6.07, 6.45) is 14.9. The molecule has 3 unspecified atom stereocenters. The molecule has 2 nitrogen and oxygen atoms in total. The van der Waals surface area contributed by atoms with Gasteiger partial charge in [-0.2, -0.15) is 0 Å². The summed E-state index contributed by atoms with van der Waals surface area (Å²) >= 11 is 0. The van der Waals surface area contributed by atoms with Crippen LogP contribution in [0.15, 0.2) is 103 Å². The van der Waals surface area contributed by atoms with E-state index in [1.807, 2.05) is 0 Å². The minimum atomic E-state index is 0.178. The van der Waals surface area contributed by atoms with E-state index in [0.29, 0.717) is 11.8 Å². The van der Waals surface area contributed by atoms with Gasteiger partial charge in [-0.15, -0.1) is 0 Å². The molecule has 0 fully saturated rings. The van der Waals surface area contributed by atoms with Crippen molar-refractivity contribution < 1.29 is 0 Å². The molecule has 34 heavy (non-hydrogen) atoms. The number of fused-ring (bicyclic) bond motifs is 6. The summed E-state index contributed by atoms with van der Waals surface area (Å²) in [7, 11) is 0. The topological polar surface area (TPSA) is 29.3 Å². The number of anilines is 2. The van der Waals surface area contributed by atoms with E-state index in [1.165, 1.54) is 50.5 Å². The van der Waals surface area contributed by atoms with Crippen LogP contribution in [0.5, 0.6) is 0 Å². The predicted molar refractivity (Wildman–Crippen MR) is 142 cm³/mol. The van der Waals surface area contributed by atoms with Crippen LogP contribution in [0.25, 0.3) is 17.2 Å². The van der Waals surface area contributed by atoms with E-state index >= 15 is 0 Å². The Hall–Kier alpha value is -3.78. The van der Waals surface area contributed by atoms with Crippen molar-refractivity contribution in [2.24, 2.45) is 11.7 Å². The van der Waals surface area contributed by atoms with E-state index in [4.69, 9.17) is 5.73 Å². The maximum absolute atomic E-state index is 6.50. The Balaban J connectivity index is 1.40. The van der Waals surface area contributed by atoms with Gasteiger partial charge in [0.2, 0.25) is 0 Å². The standard InChI is InChI=1S/C32H28N2/c33-30-16-14-23-20-32(30)34(24-9-2-1-3-10-24)31-17-15-22(19-29(23)31)28-18-21-8-4-5-11-25(21)26-12-6-7-13-27(26)28/h1-6,8-12,14-19,27-28,32H,7,13,20,33H2. The molecule has 3 atom stereocenters. The fourth-order valence-electron chi connectivity index (χ4n) is 6.42. The van der Waals surface area contributed by atoms with Gasteiger partial charge in [-0.1, -0.05) is 72.8 Å². The predicted octanol–water partition coefficient (Wildman–Crippen LogP) is 5.53. The maximum atomic E-state index is 6.50. The summed E-state index contributed by atoms with van der Waals surface area (Å²) in [6, 6.07) is 26.9. The van der Waals surface area contributed by atoms with Gasteiger partial charge < -0.3 is 10.6 Å². The molecular weight excluding hydrogens is 412 g/mol. The third-order valence-electron chi connectivity index (χ3n) is 8.04. The molecule has 3 aliphatic carbocycles. The van der Waals surface area contributed by atoms with Crippen molar-refractivity contribution >= 4 is 28.6 Å². The van der Waals surface area contributed by atoms with Crippen LogP contribution in [-0.4, -0.2) is 6.04 Å². The van der Waals surface area contributed by atoms with Gasteiger partial charge in [-0.25, -0.2) is 0 Å². The minimum absolute atomic E-state index is 0.178. The normalized spacial score (nSPS) is 24.3. The van der Waals surface area contributed by atoms with E-state index in [9.17, 15) is 0 Å². The molecule has 3 aromatic carbocycles. The van der Waals surface area contributed by atoms with Gasteiger partial charge in [0, 0.05) is 28.6 Å². The lowest BCUT2D eigenvalue weighted by Gasteiger charge is -2.42. The average molecular weight is 441 g/mol. The molecule has 1 aliphatic heterocycles. The Morgan fingerprint density at radius 1 is 0.882 bits per heavy atom. The number of para-hydroxylation sites is 1. The molecule has 0 saturated carbocycles. The van der Waals surface area contributed by atoms with Crippen LogP contribution in [-0.2, 0) is 0 Å². The lowest BCUT2D eigenvalue weighted by atomic mass is 9.72.